The van der Waals surface area contributed by atoms with Crippen molar-refractivity contribution in [2.45, 2.75) is 195 Å². The van der Waals surface area contributed by atoms with Gasteiger partial charge < -0.3 is 20.9 Å². The Balaban J connectivity index is 1.28. The molecule has 6 aliphatic rings. The predicted molar refractivity (Wildman–Crippen MR) is 231 cm³/mol. The van der Waals surface area contributed by atoms with E-state index in [1.54, 1.807) is 18.7 Å². The summed E-state index contributed by atoms with van der Waals surface area (Å²) < 4.78 is 29.8. The topological polar surface area (TPSA) is 177 Å². The number of nitrogens with zero attached hydrogens (tertiary/aromatic N) is 3. The maximum atomic E-state index is 15.3. The summed E-state index contributed by atoms with van der Waals surface area (Å²) in [6.07, 6.45) is 11.7. The molecule has 4 N–H and O–H groups in total. The highest BCUT2D eigenvalue weighted by Crippen LogP contribution is 2.88. The lowest BCUT2D eigenvalue weighted by Gasteiger charge is -2.40. The van der Waals surface area contributed by atoms with E-state index in [-0.39, 0.29) is 71.0 Å². The molecule has 7 atom stereocenters. The van der Waals surface area contributed by atoms with Crippen LogP contribution in [0.1, 0.15) is 159 Å². The smallest absolute Gasteiger partial charge is 0.303 e. The molecule has 4 saturated carbocycles. The van der Waals surface area contributed by atoms with E-state index in [0.29, 0.717) is 25.8 Å². The van der Waals surface area contributed by atoms with Gasteiger partial charge in [0.15, 0.2) is 0 Å². The molecule has 2 heterocycles. The number of rotatable bonds is 15. The van der Waals surface area contributed by atoms with E-state index >= 15 is 4.79 Å². The van der Waals surface area contributed by atoms with Crippen molar-refractivity contribution in [1.82, 2.24) is 34.8 Å². The molecule has 0 bridgehead atoms. The maximum Gasteiger partial charge on any atom is 0.303 e. The van der Waals surface area contributed by atoms with Gasteiger partial charge in [-0.3, -0.25) is 28.9 Å². The van der Waals surface area contributed by atoms with E-state index in [2.05, 4.69) is 53.3 Å². The number of piperidine rings is 1. The standard InChI is InChI=1S/C45H77N7O7S/c1-11-31-26-45(31,40(57)49-60(58,59)50(12-2)13-3)48-37(54)33-27-44(42(9,10)43(44)23-19-24-43)28-52(33)39(56)35(41(6,7)8)47-38(55)34(30-20-15-14-16-21-30)46-36(53)32-22-17-18-25-51(32)29(4)5/h29-35H,11-28H2,1-10H3,(H,46,53)(H,47,55)(H,48,54)(H,49,57)/t31-,32+,33+,34+,35-,44-,45-/m1/s1. The van der Waals surface area contributed by atoms with Gasteiger partial charge in [-0.25, -0.2) is 4.72 Å². The first kappa shape index (κ1) is 46.7. The fourth-order valence-corrected chi connectivity index (χ4v) is 13.8. The average Bonchev–Trinajstić information content (AvgIpc) is 3.90. The largest absolute Gasteiger partial charge is 0.343 e. The molecule has 5 amide bonds. The van der Waals surface area contributed by atoms with Crippen molar-refractivity contribution in [2.24, 2.45) is 33.5 Å². The Kier molecular flexibility index (Phi) is 13.3. The van der Waals surface area contributed by atoms with Crippen molar-refractivity contribution in [3.05, 3.63) is 0 Å². The Morgan fingerprint density at radius 2 is 1.43 bits per heavy atom. The van der Waals surface area contributed by atoms with Gasteiger partial charge >= 0.3 is 10.2 Å². The minimum atomic E-state index is -4.14. The van der Waals surface area contributed by atoms with Crippen LogP contribution in [0.25, 0.3) is 0 Å². The highest BCUT2D eigenvalue weighted by atomic mass is 32.2. The number of fused-ring (bicyclic) bond motifs is 1. The van der Waals surface area contributed by atoms with Crippen LogP contribution in [-0.2, 0) is 34.2 Å². The monoisotopic (exact) mass is 860 g/mol. The number of carbonyl (C=O) groups excluding carboxylic acids is 5. The molecule has 0 aromatic heterocycles. The van der Waals surface area contributed by atoms with Crippen LogP contribution in [0.4, 0.5) is 0 Å². The molecule has 60 heavy (non-hydrogen) atoms. The zero-order valence-corrected chi connectivity index (χ0v) is 39.2. The minimum absolute atomic E-state index is 0.00811. The lowest BCUT2D eigenvalue weighted by Crippen LogP contribution is -2.63. The van der Waals surface area contributed by atoms with Gasteiger partial charge in [-0.05, 0) is 99.8 Å². The molecule has 6 rings (SSSR count). The lowest BCUT2D eigenvalue weighted by molar-refractivity contribution is -0.145. The second kappa shape index (κ2) is 17.1. The summed E-state index contributed by atoms with van der Waals surface area (Å²) in [4.78, 5) is 76.7. The van der Waals surface area contributed by atoms with E-state index < -0.39 is 51.1 Å². The molecule has 4 aliphatic carbocycles. The molecule has 2 spiro atoms. The van der Waals surface area contributed by atoms with Gasteiger partial charge in [0, 0.05) is 31.1 Å². The SMILES string of the molecule is CC[C@@H]1C[C@]1(NC(=O)[C@@H]1C[C@@]2(CN1C(=O)[C@@H](NC(=O)[C@@H](NC(=O)[C@@H]1CCCCN1C(C)C)C1CCCCC1)C(C)(C)C)C(C)(C)C21CCC1)C(=O)NS(=O)(=O)N(CC)CC. The Morgan fingerprint density at radius 1 is 0.800 bits per heavy atom. The van der Waals surface area contributed by atoms with E-state index in [1.807, 2.05) is 27.7 Å². The van der Waals surface area contributed by atoms with Gasteiger partial charge in [0.25, 0.3) is 5.91 Å². The van der Waals surface area contributed by atoms with Crippen molar-refractivity contribution in [3.63, 3.8) is 0 Å². The zero-order valence-electron chi connectivity index (χ0n) is 38.4. The first-order valence-electron chi connectivity index (χ1n) is 23.4. The quantitative estimate of drug-likeness (QED) is 0.184. The second-order valence-electron chi connectivity index (χ2n) is 21.2. The fraction of sp³-hybridized carbons (Fsp3) is 0.889. The summed E-state index contributed by atoms with van der Waals surface area (Å²) in [6.45, 7) is 21.3. The predicted octanol–water partition coefficient (Wildman–Crippen LogP) is 4.63. The van der Waals surface area contributed by atoms with Crippen LogP contribution in [0.5, 0.6) is 0 Å². The summed E-state index contributed by atoms with van der Waals surface area (Å²) >= 11 is 0. The van der Waals surface area contributed by atoms with E-state index in [1.165, 1.54) is 4.31 Å². The molecule has 2 aliphatic heterocycles. The Hall–Kier alpha value is -2.78. The molecule has 6 fully saturated rings. The van der Waals surface area contributed by atoms with E-state index in [4.69, 9.17) is 0 Å². The van der Waals surface area contributed by atoms with Crippen molar-refractivity contribution in [3.8, 4) is 0 Å². The van der Waals surface area contributed by atoms with Gasteiger partial charge in [-0.2, -0.15) is 12.7 Å². The van der Waals surface area contributed by atoms with E-state index in [9.17, 15) is 27.6 Å². The molecular weight excluding hydrogens is 783 g/mol. The second-order valence-corrected chi connectivity index (χ2v) is 22.8. The number of likely N-dealkylation sites (tertiary alicyclic amines) is 2. The molecule has 0 unspecified atom stereocenters. The first-order chi connectivity index (χ1) is 28.1. The van der Waals surface area contributed by atoms with Crippen LogP contribution >= 0.6 is 0 Å². The number of hydrogen-bond acceptors (Lipinski definition) is 8. The zero-order chi connectivity index (χ0) is 44.2. The maximum absolute atomic E-state index is 15.3. The Morgan fingerprint density at radius 3 is 1.95 bits per heavy atom. The third-order valence-electron chi connectivity index (χ3n) is 16.6. The Labute approximate surface area is 360 Å². The van der Waals surface area contributed by atoms with Crippen molar-refractivity contribution in [1.29, 1.82) is 0 Å². The number of amides is 5. The molecule has 340 valence electrons. The lowest BCUT2D eigenvalue weighted by atomic mass is 9.73. The van der Waals surface area contributed by atoms with Crippen LogP contribution in [0.3, 0.4) is 0 Å². The van der Waals surface area contributed by atoms with E-state index in [0.717, 1.165) is 77.2 Å². The summed E-state index contributed by atoms with van der Waals surface area (Å²) in [5.41, 5.74) is -2.65. The third-order valence-corrected chi connectivity index (χ3v) is 18.3. The number of hydrogen-bond donors (Lipinski definition) is 4. The van der Waals surface area contributed by atoms with Gasteiger partial charge in [-0.15, -0.1) is 0 Å². The molecule has 15 heteroatoms. The first-order valence-corrected chi connectivity index (χ1v) is 24.8. The van der Waals surface area contributed by atoms with Gasteiger partial charge in [-0.1, -0.05) is 93.9 Å². The highest BCUT2D eigenvalue weighted by molar-refractivity contribution is 7.87. The number of carbonyl (C=O) groups is 5. The number of nitrogens with one attached hydrogen (secondary N) is 4. The summed E-state index contributed by atoms with van der Waals surface area (Å²) in [5, 5.41) is 9.40. The highest BCUT2D eigenvalue weighted by Gasteiger charge is 2.85. The van der Waals surface area contributed by atoms with Crippen molar-refractivity contribution < 1.29 is 32.4 Å². The van der Waals surface area contributed by atoms with Gasteiger partial charge in [0.1, 0.15) is 23.7 Å². The molecule has 0 radical (unpaired) electrons. The summed E-state index contributed by atoms with van der Waals surface area (Å²) in [7, 11) is -4.14. The van der Waals surface area contributed by atoms with Crippen LogP contribution < -0.4 is 20.7 Å². The minimum Gasteiger partial charge on any atom is -0.343 e. The van der Waals surface area contributed by atoms with Crippen LogP contribution in [0.15, 0.2) is 0 Å². The summed E-state index contributed by atoms with van der Waals surface area (Å²) in [5.74, 6) is -2.44. The molecular formula is C45H77N7O7S. The van der Waals surface area contributed by atoms with Crippen LogP contribution in [-0.4, -0.2) is 114 Å². The van der Waals surface area contributed by atoms with Gasteiger partial charge in [0.2, 0.25) is 23.6 Å². The van der Waals surface area contributed by atoms with Crippen LogP contribution in [0.2, 0.25) is 0 Å². The molecule has 14 nitrogen and oxygen atoms in total. The average molecular weight is 860 g/mol. The molecule has 0 aromatic carbocycles. The molecule has 2 saturated heterocycles. The molecule has 0 aromatic rings. The van der Waals surface area contributed by atoms with Crippen LogP contribution in [0, 0.1) is 33.5 Å². The fourth-order valence-electron chi connectivity index (χ4n) is 12.5. The normalized spacial score (nSPS) is 31.1. The van der Waals surface area contributed by atoms with Crippen molar-refractivity contribution in [2.75, 3.05) is 26.2 Å². The van der Waals surface area contributed by atoms with Crippen molar-refractivity contribution >= 4 is 39.7 Å². The van der Waals surface area contributed by atoms with Gasteiger partial charge in [0.05, 0.1) is 6.04 Å². The Bertz CT molecular complexity index is 1770. The summed E-state index contributed by atoms with van der Waals surface area (Å²) in [6, 6.07) is -2.88. The third kappa shape index (κ3) is 8.03.